The molecule has 0 aliphatic rings. The Balaban J connectivity index is 1.27. The molecule has 38 heavy (non-hydrogen) atoms. The number of benzene rings is 3. The third-order valence-corrected chi connectivity index (χ3v) is 6.85. The number of aromatic nitrogens is 2. The molecule has 2 N–H and O–H groups in total. The van der Waals surface area contributed by atoms with Crippen LogP contribution < -0.4 is 10.6 Å². The summed E-state index contributed by atoms with van der Waals surface area (Å²) in [5, 5.41) is 9.41. The number of nitrogens with zero attached hydrogens (tertiary/aromatic N) is 2. The van der Waals surface area contributed by atoms with Crippen LogP contribution in [0.3, 0.4) is 0 Å². The fourth-order valence-electron chi connectivity index (χ4n) is 4.47. The lowest BCUT2D eigenvalue weighted by Gasteiger charge is -2.20. The molecule has 0 atom stereocenters. The van der Waals surface area contributed by atoms with E-state index in [4.69, 9.17) is 0 Å². The van der Waals surface area contributed by atoms with Crippen molar-refractivity contribution in [2.75, 3.05) is 5.32 Å². The Morgan fingerprint density at radius 3 is 2.24 bits per heavy atom. The lowest BCUT2D eigenvalue weighted by atomic mass is 10.0. The molecule has 2 amide bonds. The van der Waals surface area contributed by atoms with Gasteiger partial charge in [-0.2, -0.15) is 0 Å². The molecule has 0 aliphatic heterocycles. The van der Waals surface area contributed by atoms with Gasteiger partial charge in [-0.05, 0) is 43.5 Å². The van der Waals surface area contributed by atoms with Gasteiger partial charge < -0.3 is 15.2 Å². The van der Waals surface area contributed by atoms with Crippen molar-refractivity contribution in [2.45, 2.75) is 39.3 Å². The van der Waals surface area contributed by atoms with Gasteiger partial charge in [0.1, 0.15) is 6.54 Å². The topological polar surface area (TPSA) is 76.0 Å². The van der Waals surface area contributed by atoms with Crippen LogP contribution >= 0.6 is 11.3 Å². The SMILES string of the molecule is CC(C)(C)NC(=O)Cn1cc(CC(=O)Nc2nc(-c3ccc(-c4ccccc4)cc3)cs2)c2ccccc21. The van der Waals surface area contributed by atoms with Gasteiger partial charge in [0.25, 0.3) is 0 Å². The van der Waals surface area contributed by atoms with Gasteiger partial charge in [-0.3, -0.25) is 9.59 Å². The Kier molecular flexibility index (Phi) is 7.11. The first-order valence-electron chi connectivity index (χ1n) is 12.5. The minimum atomic E-state index is -0.306. The Hall–Kier alpha value is -4.23. The van der Waals surface area contributed by atoms with Crippen LogP contribution in [-0.4, -0.2) is 26.9 Å². The highest BCUT2D eigenvalue weighted by molar-refractivity contribution is 7.14. The van der Waals surface area contributed by atoms with E-state index < -0.39 is 0 Å². The Morgan fingerprint density at radius 2 is 1.50 bits per heavy atom. The van der Waals surface area contributed by atoms with Crippen molar-refractivity contribution in [3.05, 3.63) is 96.0 Å². The van der Waals surface area contributed by atoms with Gasteiger partial charge in [0.2, 0.25) is 11.8 Å². The Bertz CT molecular complexity index is 1580. The molecule has 0 fully saturated rings. The zero-order valence-electron chi connectivity index (χ0n) is 21.7. The highest BCUT2D eigenvalue weighted by Crippen LogP contribution is 2.28. The maximum Gasteiger partial charge on any atom is 0.240 e. The molecule has 192 valence electrons. The molecule has 2 heterocycles. The van der Waals surface area contributed by atoms with E-state index in [1.54, 1.807) is 0 Å². The third-order valence-electron chi connectivity index (χ3n) is 6.09. The molecule has 3 aromatic carbocycles. The van der Waals surface area contributed by atoms with Crippen molar-refractivity contribution in [1.82, 2.24) is 14.9 Å². The van der Waals surface area contributed by atoms with Crippen molar-refractivity contribution >= 4 is 39.2 Å². The molecule has 0 saturated carbocycles. The van der Waals surface area contributed by atoms with Gasteiger partial charge >= 0.3 is 0 Å². The lowest BCUT2D eigenvalue weighted by molar-refractivity contribution is -0.123. The molecule has 6 nitrogen and oxygen atoms in total. The number of thiazole rings is 1. The number of anilines is 1. The second-order valence-corrected chi connectivity index (χ2v) is 11.2. The Morgan fingerprint density at radius 1 is 0.842 bits per heavy atom. The molecule has 0 unspecified atom stereocenters. The van der Waals surface area contributed by atoms with Crippen LogP contribution in [0.25, 0.3) is 33.3 Å². The minimum Gasteiger partial charge on any atom is -0.350 e. The molecule has 0 aliphatic carbocycles. The van der Waals surface area contributed by atoms with Crippen LogP contribution in [0.15, 0.2) is 90.4 Å². The molecular weight excluding hydrogens is 492 g/mol. The van der Waals surface area contributed by atoms with Crippen LogP contribution in [0.2, 0.25) is 0 Å². The van der Waals surface area contributed by atoms with Crippen molar-refractivity contribution < 1.29 is 9.59 Å². The highest BCUT2D eigenvalue weighted by atomic mass is 32.1. The summed E-state index contributed by atoms with van der Waals surface area (Å²) in [5.74, 6) is -0.214. The minimum absolute atomic E-state index is 0.0682. The number of rotatable bonds is 7. The van der Waals surface area contributed by atoms with E-state index in [9.17, 15) is 9.59 Å². The summed E-state index contributed by atoms with van der Waals surface area (Å²) >= 11 is 1.41. The van der Waals surface area contributed by atoms with Crippen LogP contribution in [0.1, 0.15) is 26.3 Å². The number of carbonyl (C=O) groups is 2. The normalized spacial score (nSPS) is 11.4. The van der Waals surface area contributed by atoms with E-state index in [2.05, 4.69) is 39.9 Å². The summed E-state index contributed by atoms with van der Waals surface area (Å²) < 4.78 is 1.90. The molecule has 0 radical (unpaired) electrons. The van der Waals surface area contributed by atoms with Crippen molar-refractivity contribution in [3.63, 3.8) is 0 Å². The third kappa shape index (κ3) is 6.01. The van der Waals surface area contributed by atoms with Crippen molar-refractivity contribution in [1.29, 1.82) is 0 Å². The number of nitrogens with one attached hydrogen (secondary N) is 2. The Labute approximate surface area is 226 Å². The second kappa shape index (κ2) is 10.6. The molecule has 0 saturated heterocycles. The summed E-state index contributed by atoms with van der Waals surface area (Å²) in [5.41, 5.74) is 5.63. The standard InChI is InChI=1S/C31H30N4O2S/c1-31(2,3)34-29(37)19-35-18-24(25-11-7-8-12-27(25)35)17-28(36)33-30-32-26(20-38-30)23-15-13-22(14-16-23)21-9-5-4-6-10-21/h4-16,18,20H,17,19H2,1-3H3,(H,34,37)(H,32,33,36). The molecule has 2 aromatic heterocycles. The number of carbonyl (C=O) groups excluding carboxylic acids is 2. The van der Waals surface area contributed by atoms with E-state index in [1.165, 1.54) is 16.9 Å². The van der Waals surface area contributed by atoms with Crippen LogP contribution in [0.5, 0.6) is 0 Å². The van der Waals surface area contributed by atoms with Crippen molar-refractivity contribution in [2.24, 2.45) is 0 Å². The summed E-state index contributed by atoms with van der Waals surface area (Å²) in [6, 6.07) is 26.3. The van der Waals surface area contributed by atoms with Gasteiger partial charge in [0.05, 0.1) is 12.1 Å². The fourth-order valence-corrected chi connectivity index (χ4v) is 5.21. The van der Waals surface area contributed by atoms with Crippen LogP contribution in [-0.2, 0) is 22.6 Å². The average Bonchev–Trinajstić information content (AvgIpc) is 3.48. The smallest absolute Gasteiger partial charge is 0.240 e. The zero-order valence-corrected chi connectivity index (χ0v) is 22.5. The molecular formula is C31H30N4O2S. The van der Waals surface area contributed by atoms with E-state index in [1.807, 2.05) is 91.5 Å². The maximum absolute atomic E-state index is 13.0. The molecule has 0 spiro atoms. The first-order valence-corrected chi connectivity index (χ1v) is 13.4. The molecule has 5 rings (SSSR count). The predicted octanol–water partition coefficient (Wildman–Crippen LogP) is 6.53. The molecule has 7 heteroatoms. The number of amides is 2. The predicted molar refractivity (Wildman–Crippen MR) is 155 cm³/mol. The van der Waals surface area contributed by atoms with E-state index in [-0.39, 0.29) is 30.3 Å². The average molecular weight is 523 g/mol. The van der Waals surface area contributed by atoms with E-state index >= 15 is 0 Å². The fraction of sp³-hybridized carbons (Fsp3) is 0.194. The number of para-hydroxylation sites is 1. The van der Waals surface area contributed by atoms with Crippen LogP contribution in [0.4, 0.5) is 5.13 Å². The monoisotopic (exact) mass is 522 g/mol. The van der Waals surface area contributed by atoms with E-state index in [0.29, 0.717) is 5.13 Å². The quantitative estimate of drug-likeness (QED) is 0.255. The van der Waals surface area contributed by atoms with Gasteiger partial charge in [-0.15, -0.1) is 11.3 Å². The number of hydrogen-bond donors (Lipinski definition) is 2. The molecule has 0 bridgehead atoms. The van der Waals surface area contributed by atoms with Gasteiger partial charge in [0, 0.05) is 33.6 Å². The van der Waals surface area contributed by atoms with E-state index in [0.717, 1.165) is 33.3 Å². The largest absolute Gasteiger partial charge is 0.350 e. The van der Waals surface area contributed by atoms with Gasteiger partial charge in [0.15, 0.2) is 5.13 Å². The summed E-state index contributed by atoms with van der Waals surface area (Å²) in [6.07, 6.45) is 2.09. The number of hydrogen-bond acceptors (Lipinski definition) is 4. The first-order chi connectivity index (χ1) is 18.2. The first kappa shape index (κ1) is 25.4. The second-order valence-electron chi connectivity index (χ2n) is 10.3. The molecule has 5 aromatic rings. The highest BCUT2D eigenvalue weighted by Gasteiger charge is 2.17. The lowest BCUT2D eigenvalue weighted by Crippen LogP contribution is -2.42. The summed E-state index contributed by atoms with van der Waals surface area (Å²) in [4.78, 5) is 30.1. The summed E-state index contributed by atoms with van der Waals surface area (Å²) in [7, 11) is 0. The number of fused-ring (bicyclic) bond motifs is 1. The van der Waals surface area contributed by atoms with Gasteiger partial charge in [-0.1, -0.05) is 72.8 Å². The zero-order chi connectivity index (χ0) is 26.7. The maximum atomic E-state index is 13.0. The van der Waals surface area contributed by atoms with Crippen LogP contribution in [0, 0.1) is 0 Å². The van der Waals surface area contributed by atoms with Crippen molar-refractivity contribution in [3.8, 4) is 22.4 Å². The van der Waals surface area contributed by atoms with Gasteiger partial charge in [-0.25, -0.2) is 4.98 Å². The summed E-state index contributed by atoms with van der Waals surface area (Å²) in [6.45, 7) is 6.06.